The molecule has 0 bridgehead atoms. The summed E-state index contributed by atoms with van der Waals surface area (Å²) >= 11 is 0.900. The van der Waals surface area contributed by atoms with Gasteiger partial charge in [0.25, 0.3) is 5.91 Å². The second-order valence-electron chi connectivity index (χ2n) is 12.2. The highest BCUT2D eigenvalue weighted by Crippen LogP contribution is 2.30. The predicted octanol–water partition coefficient (Wildman–Crippen LogP) is 0.495. The SMILES string of the molecule is C[C@@H]1C/C=C/[C@H](NC(=O)CS[C@@H]2OC(CO)[C@@H](O)C(O)C2O)C/C=C/C(=N\OCC(=O)N2CCCCC2)Cc2cc(O)cc(O)c2C(=O)O1. The Morgan fingerprint density at radius 3 is 2.55 bits per heavy atom. The quantitative estimate of drug-likeness (QED) is 0.111. The predicted molar refractivity (Wildman–Crippen MR) is 178 cm³/mol. The number of aliphatic hydroxyl groups is 4. The fraction of sp³-hybridized carbons (Fsp3) is 0.576. The summed E-state index contributed by atoms with van der Waals surface area (Å²) in [5.41, 5.74) is -0.744. The minimum Gasteiger partial charge on any atom is -0.508 e. The number of phenols is 2. The maximum atomic E-state index is 13.2. The van der Waals surface area contributed by atoms with Gasteiger partial charge in [0.05, 0.1) is 24.1 Å². The van der Waals surface area contributed by atoms with Gasteiger partial charge in [-0.25, -0.2) is 4.79 Å². The number of hydrogen-bond donors (Lipinski definition) is 7. The molecule has 2 saturated heterocycles. The number of likely N-dealkylation sites (tertiary alicyclic amines) is 1. The summed E-state index contributed by atoms with van der Waals surface area (Å²) in [6, 6.07) is 1.80. The Bertz CT molecular complexity index is 1400. The first-order valence-electron chi connectivity index (χ1n) is 16.2. The number of cyclic esters (lactones) is 1. The number of nitrogens with one attached hydrogen (secondary N) is 1. The molecule has 3 unspecified atom stereocenters. The van der Waals surface area contributed by atoms with E-state index in [0.717, 1.165) is 37.1 Å². The van der Waals surface area contributed by atoms with E-state index in [2.05, 4.69) is 10.5 Å². The van der Waals surface area contributed by atoms with E-state index < -0.39 is 66.2 Å². The van der Waals surface area contributed by atoms with Crippen LogP contribution in [0.25, 0.3) is 0 Å². The molecule has 270 valence electrons. The van der Waals surface area contributed by atoms with Gasteiger partial charge in [-0.05, 0) is 50.3 Å². The molecule has 3 heterocycles. The minimum absolute atomic E-state index is 0.0855. The van der Waals surface area contributed by atoms with Gasteiger partial charge in [0.1, 0.15) is 53.0 Å². The molecule has 2 amide bonds. The maximum Gasteiger partial charge on any atom is 0.342 e. The van der Waals surface area contributed by atoms with Crippen LogP contribution < -0.4 is 5.32 Å². The molecular formula is C33H45N3O12S. The number of oxime groups is 1. The number of aliphatic hydroxyl groups excluding tert-OH is 4. The Morgan fingerprint density at radius 1 is 1.06 bits per heavy atom. The van der Waals surface area contributed by atoms with Crippen LogP contribution in [0.4, 0.5) is 0 Å². The Labute approximate surface area is 288 Å². The summed E-state index contributed by atoms with van der Waals surface area (Å²) in [5, 5.41) is 67.6. The number of esters is 1. The summed E-state index contributed by atoms with van der Waals surface area (Å²) in [6.07, 6.45) is 3.85. The van der Waals surface area contributed by atoms with Crippen LogP contribution >= 0.6 is 11.8 Å². The molecule has 1 aromatic rings. The summed E-state index contributed by atoms with van der Waals surface area (Å²) < 4.78 is 11.0. The van der Waals surface area contributed by atoms with Gasteiger partial charge in [0.15, 0.2) is 6.61 Å². The number of carbonyl (C=O) groups excluding carboxylic acids is 3. The van der Waals surface area contributed by atoms with Crippen molar-refractivity contribution < 1.29 is 59.3 Å². The highest BCUT2D eigenvalue weighted by Gasteiger charge is 2.43. The molecule has 15 nitrogen and oxygen atoms in total. The number of benzene rings is 1. The zero-order chi connectivity index (χ0) is 35.5. The van der Waals surface area contributed by atoms with Crippen molar-refractivity contribution in [2.75, 3.05) is 32.1 Å². The number of hydrogen-bond acceptors (Lipinski definition) is 14. The molecule has 3 aliphatic rings. The van der Waals surface area contributed by atoms with Crippen molar-refractivity contribution in [1.82, 2.24) is 10.2 Å². The molecule has 0 radical (unpaired) electrons. The van der Waals surface area contributed by atoms with Crippen LogP contribution in [-0.2, 0) is 30.3 Å². The van der Waals surface area contributed by atoms with Gasteiger partial charge >= 0.3 is 5.97 Å². The third-order valence-corrected chi connectivity index (χ3v) is 9.40. The molecular weight excluding hydrogens is 662 g/mol. The van der Waals surface area contributed by atoms with Crippen LogP contribution in [0.3, 0.4) is 0 Å². The number of aromatic hydroxyl groups is 2. The Hall–Kier alpha value is -3.67. The van der Waals surface area contributed by atoms with Gasteiger partial charge in [-0.3, -0.25) is 9.59 Å². The molecule has 0 aliphatic carbocycles. The number of carbonyl (C=O) groups is 3. The van der Waals surface area contributed by atoms with Gasteiger partial charge in [-0.2, -0.15) is 0 Å². The lowest BCUT2D eigenvalue weighted by atomic mass is 9.99. The van der Waals surface area contributed by atoms with Crippen molar-refractivity contribution in [2.24, 2.45) is 5.16 Å². The summed E-state index contributed by atoms with van der Waals surface area (Å²) in [5.74, 6) is -2.39. The van der Waals surface area contributed by atoms with E-state index in [9.17, 15) is 45.0 Å². The molecule has 0 spiro atoms. The van der Waals surface area contributed by atoms with Crippen LogP contribution in [0, 0.1) is 0 Å². The number of piperidine rings is 1. The van der Waals surface area contributed by atoms with Crippen molar-refractivity contribution in [3.05, 3.63) is 47.6 Å². The molecule has 4 rings (SSSR count). The number of phenolic OH excluding ortho intramolecular Hbond substituents is 2. The van der Waals surface area contributed by atoms with E-state index in [-0.39, 0.29) is 60.1 Å². The molecule has 3 aliphatic heterocycles. The van der Waals surface area contributed by atoms with Crippen molar-refractivity contribution in [2.45, 2.75) is 87.4 Å². The number of thioether (sulfide) groups is 1. The number of ether oxygens (including phenoxy) is 2. The molecule has 7 N–H and O–H groups in total. The fourth-order valence-corrected chi connectivity index (χ4v) is 6.62. The summed E-state index contributed by atoms with van der Waals surface area (Å²) in [4.78, 5) is 45.9. The lowest BCUT2D eigenvalue weighted by Gasteiger charge is -2.39. The Kier molecular flexibility index (Phi) is 14.3. The monoisotopic (exact) mass is 707 g/mol. The van der Waals surface area contributed by atoms with Crippen LogP contribution in [0.5, 0.6) is 11.5 Å². The molecule has 2 fully saturated rings. The maximum absolute atomic E-state index is 13.2. The van der Waals surface area contributed by atoms with Crippen molar-refractivity contribution in [1.29, 1.82) is 0 Å². The van der Waals surface area contributed by atoms with Crippen LogP contribution in [0.1, 0.15) is 54.9 Å². The van der Waals surface area contributed by atoms with Gasteiger partial charge < -0.3 is 55.2 Å². The van der Waals surface area contributed by atoms with E-state index in [4.69, 9.17) is 14.3 Å². The summed E-state index contributed by atoms with van der Waals surface area (Å²) in [7, 11) is 0. The van der Waals surface area contributed by atoms with Crippen molar-refractivity contribution in [3.8, 4) is 11.5 Å². The Balaban J connectivity index is 1.50. The standard InChI is InChI=1S/C33H45N3O12S/c1-19-7-5-8-21(34-26(40)18-49-33-31(44)30(43)29(42)25(16-37)48-33)9-6-10-22(35-46-17-27(41)36-11-3-2-4-12-36)13-20-14-23(38)15-24(39)28(20)32(45)47-19/h5-6,8,10,14-15,19,21,25,29-31,33,37-39,42-44H,2-4,7,9,11-13,16-18H2,1H3,(H,34,40)/b8-5+,10-6+,35-22+/t19-,21+,25?,29-,30?,31?,33+/m1/s1. The molecule has 1 aromatic carbocycles. The lowest BCUT2D eigenvalue weighted by molar-refractivity contribution is -0.205. The normalized spacial score (nSPS) is 30.4. The van der Waals surface area contributed by atoms with Gasteiger partial charge in [0.2, 0.25) is 5.91 Å². The first-order chi connectivity index (χ1) is 23.5. The molecule has 0 aromatic heterocycles. The third kappa shape index (κ3) is 10.9. The van der Waals surface area contributed by atoms with E-state index in [1.165, 1.54) is 6.07 Å². The van der Waals surface area contributed by atoms with E-state index >= 15 is 0 Å². The number of amides is 2. The van der Waals surface area contributed by atoms with Crippen LogP contribution in [0.15, 0.2) is 41.6 Å². The highest BCUT2D eigenvalue weighted by atomic mass is 32.2. The first-order valence-corrected chi connectivity index (χ1v) is 17.3. The molecule has 0 saturated carbocycles. The van der Waals surface area contributed by atoms with Crippen molar-refractivity contribution >= 4 is 35.3 Å². The zero-order valence-corrected chi connectivity index (χ0v) is 28.0. The van der Waals surface area contributed by atoms with Gasteiger partial charge in [-0.1, -0.05) is 23.4 Å². The second-order valence-corrected chi connectivity index (χ2v) is 13.3. The highest BCUT2D eigenvalue weighted by molar-refractivity contribution is 8.00. The third-order valence-electron chi connectivity index (χ3n) is 8.26. The van der Waals surface area contributed by atoms with Crippen molar-refractivity contribution in [3.63, 3.8) is 0 Å². The smallest absolute Gasteiger partial charge is 0.342 e. The zero-order valence-electron chi connectivity index (χ0n) is 27.2. The Morgan fingerprint density at radius 2 is 1.82 bits per heavy atom. The second kappa shape index (κ2) is 18.4. The van der Waals surface area contributed by atoms with E-state index in [0.29, 0.717) is 13.1 Å². The number of rotatable bonds is 8. The van der Waals surface area contributed by atoms with Crippen LogP contribution in [-0.4, -0.2) is 133 Å². The molecule has 16 heteroatoms. The largest absolute Gasteiger partial charge is 0.508 e. The molecule has 7 atom stereocenters. The summed E-state index contributed by atoms with van der Waals surface area (Å²) in [6.45, 7) is 2.07. The first kappa shape index (κ1) is 38.1. The average molecular weight is 708 g/mol. The van der Waals surface area contributed by atoms with Gasteiger partial charge in [-0.15, -0.1) is 11.8 Å². The fourth-order valence-electron chi connectivity index (χ4n) is 5.64. The topological polar surface area (TPSA) is 228 Å². The average Bonchev–Trinajstić information content (AvgIpc) is 3.06. The number of nitrogens with zero attached hydrogens (tertiary/aromatic N) is 2. The van der Waals surface area contributed by atoms with Crippen LogP contribution in [0.2, 0.25) is 0 Å². The lowest BCUT2D eigenvalue weighted by Crippen LogP contribution is -2.57. The van der Waals surface area contributed by atoms with E-state index in [1.54, 1.807) is 36.1 Å². The van der Waals surface area contributed by atoms with Gasteiger partial charge in [0, 0.05) is 32.0 Å². The number of allylic oxidation sites excluding steroid dienone is 1. The molecule has 49 heavy (non-hydrogen) atoms. The number of fused-ring (bicyclic) bond motifs is 1. The van der Waals surface area contributed by atoms with E-state index in [1.807, 2.05) is 0 Å². The minimum atomic E-state index is -1.56.